The van der Waals surface area contributed by atoms with Gasteiger partial charge in [-0.3, -0.25) is 9.59 Å². The van der Waals surface area contributed by atoms with E-state index in [0.29, 0.717) is 4.47 Å². The Balaban J connectivity index is 2.87. The molecule has 0 atom stereocenters. The maximum absolute atomic E-state index is 12.3. The number of carbonyl (C=O) groups excluding carboxylic acids is 2. The minimum atomic E-state index is -0.454. The molecule has 0 radical (unpaired) electrons. The zero-order valence-corrected chi connectivity index (χ0v) is 12.2. The molecule has 0 N–H and O–H groups in total. The Morgan fingerprint density at radius 1 is 1.58 bits per heavy atom. The first-order valence-corrected chi connectivity index (χ1v) is 6.55. The number of hydrogen-bond donors (Lipinski definition) is 0. The summed E-state index contributed by atoms with van der Waals surface area (Å²) in [6, 6.07) is 3.43. The molecule has 1 heterocycles. The minimum absolute atomic E-state index is 0.123. The van der Waals surface area contributed by atoms with Crippen molar-refractivity contribution in [1.29, 1.82) is 0 Å². The van der Waals surface area contributed by atoms with Gasteiger partial charge >= 0.3 is 5.97 Å². The van der Waals surface area contributed by atoms with Gasteiger partial charge in [-0.15, -0.1) is 6.58 Å². The van der Waals surface area contributed by atoms with Crippen molar-refractivity contribution in [1.82, 2.24) is 9.88 Å². The van der Waals surface area contributed by atoms with Crippen LogP contribution in [0.2, 0.25) is 0 Å². The number of amides is 1. The van der Waals surface area contributed by atoms with Gasteiger partial charge < -0.3 is 9.64 Å². The van der Waals surface area contributed by atoms with E-state index in [1.54, 1.807) is 25.1 Å². The second-order valence-corrected chi connectivity index (χ2v) is 4.47. The van der Waals surface area contributed by atoms with Crippen LogP contribution in [0.5, 0.6) is 0 Å². The Morgan fingerprint density at radius 3 is 2.89 bits per heavy atom. The maximum Gasteiger partial charge on any atom is 0.325 e. The summed E-state index contributed by atoms with van der Waals surface area (Å²) in [5, 5.41) is 0. The SMILES string of the molecule is C=CCN(CC(=O)OCC)C(=O)c1ncccc1Br. The first-order valence-electron chi connectivity index (χ1n) is 5.76. The molecule has 0 aliphatic carbocycles. The standard InChI is InChI=1S/C13H15BrN2O3/c1-3-8-16(9-11(17)19-4-2)13(18)12-10(14)6-5-7-15-12/h3,5-7H,1,4,8-9H2,2H3. The molecule has 1 rings (SSSR count). The van der Waals surface area contributed by atoms with Gasteiger partial charge in [0.15, 0.2) is 0 Å². The van der Waals surface area contributed by atoms with Crippen molar-refractivity contribution in [3.05, 3.63) is 41.2 Å². The molecule has 6 heteroatoms. The molecule has 5 nitrogen and oxygen atoms in total. The lowest BCUT2D eigenvalue weighted by atomic mass is 10.3. The number of hydrogen-bond acceptors (Lipinski definition) is 4. The van der Waals surface area contributed by atoms with Crippen LogP contribution in [0.1, 0.15) is 17.4 Å². The third-order valence-electron chi connectivity index (χ3n) is 2.22. The number of nitrogens with zero attached hydrogens (tertiary/aromatic N) is 2. The van der Waals surface area contributed by atoms with Crippen LogP contribution in [0.4, 0.5) is 0 Å². The van der Waals surface area contributed by atoms with Crippen LogP contribution in [-0.4, -0.2) is 41.5 Å². The van der Waals surface area contributed by atoms with E-state index in [0.717, 1.165) is 0 Å². The van der Waals surface area contributed by atoms with Crippen LogP contribution < -0.4 is 0 Å². The Morgan fingerprint density at radius 2 is 2.32 bits per heavy atom. The summed E-state index contributed by atoms with van der Waals surface area (Å²) in [6.07, 6.45) is 3.07. The fourth-order valence-corrected chi connectivity index (χ4v) is 1.85. The van der Waals surface area contributed by atoms with Gasteiger partial charge in [0.1, 0.15) is 12.2 Å². The molecule has 0 aliphatic rings. The predicted octanol–water partition coefficient (Wildman–Crippen LogP) is 2.04. The van der Waals surface area contributed by atoms with E-state index < -0.39 is 5.97 Å². The molecule has 19 heavy (non-hydrogen) atoms. The van der Waals surface area contributed by atoms with Gasteiger partial charge in [0.2, 0.25) is 0 Å². The minimum Gasteiger partial charge on any atom is -0.465 e. The second kappa shape index (κ2) is 7.68. The Labute approximate surface area is 120 Å². The quantitative estimate of drug-likeness (QED) is 0.593. The van der Waals surface area contributed by atoms with Crippen molar-refractivity contribution >= 4 is 27.8 Å². The zero-order chi connectivity index (χ0) is 14.3. The summed E-state index contributed by atoms with van der Waals surface area (Å²) < 4.78 is 5.42. The summed E-state index contributed by atoms with van der Waals surface area (Å²) >= 11 is 3.26. The van der Waals surface area contributed by atoms with Gasteiger partial charge in [-0.2, -0.15) is 0 Å². The molecule has 0 saturated heterocycles. The highest BCUT2D eigenvalue weighted by molar-refractivity contribution is 9.10. The average Bonchev–Trinajstić information content (AvgIpc) is 2.38. The summed E-state index contributed by atoms with van der Waals surface area (Å²) in [5.74, 6) is -0.801. The van der Waals surface area contributed by atoms with E-state index in [1.807, 2.05) is 0 Å². The Kier molecular flexibility index (Phi) is 6.21. The zero-order valence-electron chi connectivity index (χ0n) is 10.6. The molecule has 0 unspecified atom stereocenters. The first-order chi connectivity index (χ1) is 9.10. The monoisotopic (exact) mass is 326 g/mol. The molecule has 0 spiro atoms. The van der Waals surface area contributed by atoms with Gasteiger partial charge in [-0.05, 0) is 35.0 Å². The van der Waals surface area contributed by atoms with Crippen molar-refractivity contribution in [2.24, 2.45) is 0 Å². The molecule has 0 aromatic carbocycles. The van der Waals surface area contributed by atoms with Crippen molar-refractivity contribution in [2.75, 3.05) is 19.7 Å². The van der Waals surface area contributed by atoms with Crippen LogP contribution in [0, 0.1) is 0 Å². The van der Waals surface area contributed by atoms with Crippen LogP contribution >= 0.6 is 15.9 Å². The third kappa shape index (κ3) is 4.48. The molecule has 0 saturated carbocycles. The molecule has 1 aromatic heterocycles. The van der Waals surface area contributed by atoms with Crippen molar-refractivity contribution < 1.29 is 14.3 Å². The van der Waals surface area contributed by atoms with Crippen LogP contribution in [-0.2, 0) is 9.53 Å². The van der Waals surface area contributed by atoms with Gasteiger partial charge in [0.05, 0.1) is 6.61 Å². The Hall–Kier alpha value is -1.69. The van der Waals surface area contributed by atoms with Crippen LogP contribution in [0.3, 0.4) is 0 Å². The summed E-state index contributed by atoms with van der Waals surface area (Å²) in [7, 11) is 0. The summed E-state index contributed by atoms with van der Waals surface area (Å²) in [5.41, 5.74) is 0.258. The average molecular weight is 327 g/mol. The molecule has 0 aliphatic heterocycles. The topological polar surface area (TPSA) is 59.5 Å². The maximum atomic E-state index is 12.3. The highest BCUT2D eigenvalue weighted by Gasteiger charge is 2.21. The van der Waals surface area contributed by atoms with Gasteiger partial charge in [0, 0.05) is 17.2 Å². The number of aromatic nitrogens is 1. The largest absolute Gasteiger partial charge is 0.465 e. The molecule has 0 bridgehead atoms. The predicted molar refractivity (Wildman–Crippen MR) is 74.7 cm³/mol. The van der Waals surface area contributed by atoms with Gasteiger partial charge in [0.25, 0.3) is 5.91 Å². The van der Waals surface area contributed by atoms with Crippen LogP contribution in [0.15, 0.2) is 35.5 Å². The molecule has 1 amide bonds. The lowest BCUT2D eigenvalue weighted by molar-refractivity contribution is -0.143. The fourth-order valence-electron chi connectivity index (χ4n) is 1.43. The van der Waals surface area contributed by atoms with E-state index in [-0.39, 0.29) is 31.3 Å². The number of rotatable bonds is 6. The van der Waals surface area contributed by atoms with E-state index in [2.05, 4.69) is 27.5 Å². The number of carbonyl (C=O) groups is 2. The molecule has 102 valence electrons. The molecule has 1 aromatic rings. The van der Waals surface area contributed by atoms with E-state index >= 15 is 0 Å². The number of halogens is 1. The first kappa shape index (κ1) is 15.4. The number of pyridine rings is 1. The van der Waals surface area contributed by atoms with Gasteiger partial charge in [-0.25, -0.2) is 4.98 Å². The van der Waals surface area contributed by atoms with E-state index in [4.69, 9.17) is 4.74 Å². The van der Waals surface area contributed by atoms with Gasteiger partial charge in [-0.1, -0.05) is 6.08 Å². The smallest absolute Gasteiger partial charge is 0.325 e. The van der Waals surface area contributed by atoms with Crippen LogP contribution in [0.25, 0.3) is 0 Å². The normalized spacial score (nSPS) is 9.79. The molecular formula is C13H15BrN2O3. The lowest BCUT2D eigenvalue weighted by Crippen LogP contribution is -2.37. The van der Waals surface area contributed by atoms with Crippen molar-refractivity contribution in [2.45, 2.75) is 6.92 Å². The van der Waals surface area contributed by atoms with Crippen molar-refractivity contribution in [3.8, 4) is 0 Å². The fraction of sp³-hybridized carbons (Fsp3) is 0.308. The summed E-state index contributed by atoms with van der Waals surface area (Å²) in [4.78, 5) is 29.1. The highest BCUT2D eigenvalue weighted by Crippen LogP contribution is 2.15. The molecular weight excluding hydrogens is 312 g/mol. The lowest BCUT2D eigenvalue weighted by Gasteiger charge is -2.19. The molecule has 0 fully saturated rings. The highest BCUT2D eigenvalue weighted by atomic mass is 79.9. The van der Waals surface area contributed by atoms with E-state index in [9.17, 15) is 9.59 Å². The second-order valence-electron chi connectivity index (χ2n) is 3.61. The van der Waals surface area contributed by atoms with Crippen molar-refractivity contribution in [3.63, 3.8) is 0 Å². The third-order valence-corrected chi connectivity index (χ3v) is 2.86. The Bertz CT molecular complexity index is 477. The summed E-state index contributed by atoms with van der Waals surface area (Å²) in [6.45, 7) is 5.70. The van der Waals surface area contributed by atoms with E-state index in [1.165, 1.54) is 11.1 Å². The number of ether oxygens (including phenoxy) is 1. The number of esters is 1.